The minimum absolute atomic E-state index is 0.0230. The summed E-state index contributed by atoms with van der Waals surface area (Å²) in [5.41, 5.74) is 2.45. The number of aliphatic hydroxyl groups excluding tert-OH is 1. The Balaban J connectivity index is 1.62. The van der Waals surface area contributed by atoms with E-state index in [0.717, 1.165) is 30.5 Å². The van der Waals surface area contributed by atoms with Crippen molar-refractivity contribution in [2.45, 2.75) is 26.0 Å². The number of aromatic nitrogens is 2. The van der Waals surface area contributed by atoms with Gasteiger partial charge in [0.2, 0.25) is 0 Å². The van der Waals surface area contributed by atoms with Gasteiger partial charge >= 0.3 is 5.97 Å². The molecular formula is C17H23N3O3. The Hall–Kier alpha value is -2.18. The van der Waals surface area contributed by atoms with Crippen molar-refractivity contribution in [1.82, 2.24) is 14.9 Å². The number of benzene rings is 1. The number of hydrogen-bond donors (Lipinski definition) is 2. The van der Waals surface area contributed by atoms with Crippen LogP contribution < -0.4 is 5.32 Å². The Labute approximate surface area is 135 Å². The molecule has 0 amide bonds. The van der Waals surface area contributed by atoms with Crippen molar-refractivity contribution in [2.75, 3.05) is 19.7 Å². The van der Waals surface area contributed by atoms with Gasteiger partial charge in [-0.25, -0.2) is 9.78 Å². The second-order valence-corrected chi connectivity index (χ2v) is 5.52. The van der Waals surface area contributed by atoms with E-state index in [1.54, 1.807) is 6.92 Å². The van der Waals surface area contributed by atoms with E-state index in [1.807, 2.05) is 24.5 Å². The summed E-state index contributed by atoms with van der Waals surface area (Å²) in [7, 11) is 0. The molecule has 23 heavy (non-hydrogen) atoms. The minimum atomic E-state index is -0.715. The number of esters is 1. The van der Waals surface area contributed by atoms with Crippen LogP contribution in [0.15, 0.2) is 42.7 Å². The van der Waals surface area contributed by atoms with E-state index >= 15 is 0 Å². The molecule has 1 aromatic carbocycles. The summed E-state index contributed by atoms with van der Waals surface area (Å²) < 4.78 is 7.00. The Morgan fingerprint density at radius 3 is 3.04 bits per heavy atom. The van der Waals surface area contributed by atoms with Gasteiger partial charge in [0, 0.05) is 18.7 Å². The maximum Gasteiger partial charge on any atom is 0.333 e. The van der Waals surface area contributed by atoms with Crippen LogP contribution in [0.3, 0.4) is 0 Å². The van der Waals surface area contributed by atoms with E-state index < -0.39 is 12.1 Å². The Morgan fingerprint density at radius 2 is 2.26 bits per heavy atom. The monoisotopic (exact) mass is 317 g/mol. The molecule has 1 atom stereocenters. The molecule has 0 radical (unpaired) electrons. The van der Waals surface area contributed by atoms with Gasteiger partial charge in [-0.3, -0.25) is 0 Å². The van der Waals surface area contributed by atoms with E-state index in [0.29, 0.717) is 12.1 Å². The third kappa shape index (κ3) is 5.19. The number of fused-ring (bicyclic) bond motifs is 1. The van der Waals surface area contributed by atoms with E-state index in [1.165, 1.54) is 0 Å². The molecule has 2 N–H and O–H groups in total. The van der Waals surface area contributed by atoms with Gasteiger partial charge in [-0.15, -0.1) is 0 Å². The summed E-state index contributed by atoms with van der Waals surface area (Å²) in [5.74, 6) is -0.476. The standard InChI is InChI=1S/C17H23N3O3/c1-13(2)17(22)23-11-14(21)10-18-8-5-9-20-12-19-15-6-3-4-7-16(15)20/h3-4,6-7,12,14,18,21H,1,5,8-11H2,2H3. The highest BCUT2D eigenvalue weighted by Crippen LogP contribution is 2.11. The van der Waals surface area contributed by atoms with Gasteiger partial charge in [0.1, 0.15) is 12.7 Å². The molecule has 0 aliphatic heterocycles. The van der Waals surface area contributed by atoms with Crippen LogP contribution in [0.25, 0.3) is 11.0 Å². The van der Waals surface area contributed by atoms with Crippen LogP contribution in [0.4, 0.5) is 0 Å². The molecule has 1 aromatic heterocycles. The van der Waals surface area contributed by atoms with Gasteiger partial charge in [0.05, 0.1) is 17.4 Å². The molecule has 1 unspecified atom stereocenters. The number of hydrogen-bond acceptors (Lipinski definition) is 5. The SMILES string of the molecule is C=C(C)C(=O)OCC(O)CNCCCn1cnc2ccccc21. The van der Waals surface area contributed by atoms with Crippen LogP contribution in [0.1, 0.15) is 13.3 Å². The van der Waals surface area contributed by atoms with Crippen molar-refractivity contribution in [3.05, 3.63) is 42.7 Å². The van der Waals surface area contributed by atoms with Crippen molar-refractivity contribution in [1.29, 1.82) is 0 Å². The second-order valence-electron chi connectivity index (χ2n) is 5.52. The first kappa shape index (κ1) is 17.2. The first-order chi connectivity index (χ1) is 11.1. The summed E-state index contributed by atoms with van der Waals surface area (Å²) >= 11 is 0. The fourth-order valence-corrected chi connectivity index (χ4v) is 2.19. The zero-order valence-electron chi connectivity index (χ0n) is 13.4. The quantitative estimate of drug-likeness (QED) is 0.416. The number of para-hydroxylation sites is 2. The summed E-state index contributed by atoms with van der Waals surface area (Å²) in [5, 5.41) is 12.9. The van der Waals surface area contributed by atoms with E-state index in [9.17, 15) is 9.90 Å². The summed E-state index contributed by atoms with van der Waals surface area (Å²) in [6.45, 7) is 7.04. The van der Waals surface area contributed by atoms with Gasteiger partial charge in [-0.2, -0.15) is 0 Å². The van der Waals surface area contributed by atoms with E-state index in [2.05, 4.69) is 27.5 Å². The average Bonchev–Trinajstić information content (AvgIpc) is 2.95. The highest BCUT2D eigenvalue weighted by molar-refractivity contribution is 5.86. The third-order valence-corrected chi connectivity index (χ3v) is 3.42. The molecule has 2 aromatic rings. The van der Waals surface area contributed by atoms with Gasteiger partial charge in [0.15, 0.2) is 0 Å². The maximum atomic E-state index is 11.2. The van der Waals surface area contributed by atoms with Gasteiger partial charge in [0.25, 0.3) is 0 Å². The highest BCUT2D eigenvalue weighted by atomic mass is 16.5. The lowest BCUT2D eigenvalue weighted by atomic mass is 10.3. The number of nitrogens with zero attached hydrogens (tertiary/aromatic N) is 2. The molecule has 0 aliphatic carbocycles. The normalized spacial score (nSPS) is 12.3. The van der Waals surface area contributed by atoms with E-state index in [4.69, 9.17) is 4.74 Å². The molecule has 6 nitrogen and oxygen atoms in total. The summed E-state index contributed by atoms with van der Waals surface area (Å²) in [6, 6.07) is 8.02. The predicted octanol–water partition coefficient (Wildman–Crippen LogP) is 1.50. The number of carbonyl (C=O) groups excluding carboxylic acids is 1. The number of imidazole rings is 1. The largest absolute Gasteiger partial charge is 0.460 e. The summed E-state index contributed by atoms with van der Waals surface area (Å²) in [6.07, 6.45) is 2.04. The molecule has 2 rings (SSSR count). The van der Waals surface area contributed by atoms with Crippen LogP contribution in [0.5, 0.6) is 0 Å². The van der Waals surface area contributed by atoms with Crippen molar-refractivity contribution >= 4 is 17.0 Å². The fourth-order valence-electron chi connectivity index (χ4n) is 2.19. The molecule has 0 bridgehead atoms. The zero-order valence-corrected chi connectivity index (χ0v) is 13.4. The van der Waals surface area contributed by atoms with Crippen molar-refractivity contribution < 1.29 is 14.6 Å². The Morgan fingerprint density at radius 1 is 1.48 bits per heavy atom. The number of nitrogens with one attached hydrogen (secondary N) is 1. The zero-order chi connectivity index (χ0) is 16.7. The molecular weight excluding hydrogens is 294 g/mol. The average molecular weight is 317 g/mol. The number of aliphatic hydroxyl groups is 1. The maximum absolute atomic E-state index is 11.2. The van der Waals surface area contributed by atoms with Crippen LogP contribution in [-0.2, 0) is 16.1 Å². The highest BCUT2D eigenvalue weighted by Gasteiger charge is 2.08. The molecule has 124 valence electrons. The van der Waals surface area contributed by atoms with Gasteiger partial charge < -0.3 is 19.7 Å². The van der Waals surface area contributed by atoms with Gasteiger partial charge in [-0.1, -0.05) is 18.7 Å². The lowest BCUT2D eigenvalue weighted by molar-refractivity contribution is -0.141. The smallest absolute Gasteiger partial charge is 0.333 e. The van der Waals surface area contributed by atoms with Crippen LogP contribution in [-0.4, -0.2) is 46.4 Å². The van der Waals surface area contributed by atoms with Crippen molar-refractivity contribution in [2.24, 2.45) is 0 Å². The molecule has 0 saturated heterocycles. The first-order valence-electron chi connectivity index (χ1n) is 7.69. The summed E-state index contributed by atoms with van der Waals surface area (Å²) in [4.78, 5) is 15.5. The molecule has 6 heteroatoms. The lowest BCUT2D eigenvalue weighted by Gasteiger charge is -2.12. The predicted molar refractivity (Wildman–Crippen MR) is 89.0 cm³/mol. The molecule has 0 aliphatic rings. The van der Waals surface area contributed by atoms with E-state index in [-0.39, 0.29) is 6.61 Å². The first-order valence-corrected chi connectivity index (χ1v) is 7.69. The Bertz CT molecular complexity index is 666. The third-order valence-electron chi connectivity index (χ3n) is 3.42. The fraction of sp³-hybridized carbons (Fsp3) is 0.412. The van der Waals surface area contributed by atoms with Crippen LogP contribution in [0, 0.1) is 0 Å². The van der Waals surface area contributed by atoms with Gasteiger partial charge in [-0.05, 0) is 32.0 Å². The molecule has 1 heterocycles. The molecule has 0 fully saturated rings. The van der Waals surface area contributed by atoms with Crippen LogP contribution in [0.2, 0.25) is 0 Å². The topological polar surface area (TPSA) is 76.4 Å². The number of ether oxygens (including phenoxy) is 1. The van der Waals surface area contributed by atoms with Crippen LogP contribution >= 0.6 is 0 Å². The van der Waals surface area contributed by atoms with Crippen molar-refractivity contribution in [3.63, 3.8) is 0 Å². The number of rotatable bonds is 9. The second kappa shape index (κ2) is 8.45. The minimum Gasteiger partial charge on any atom is -0.460 e. The molecule has 0 saturated carbocycles. The Kier molecular flexibility index (Phi) is 6.31. The lowest BCUT2D eigenvalue weighted by Crippen LogP contribution is -2.32. The molecule has 0 spiro atoms. The number of aryl methyl sites for hydroxylation is 1. The number of carbonyl (C=O) groups is 1. The van der Waals surface area contributed by atoms with Crippen molar-refractivity contribution in [3.8, 4) is 0 Å².